The molecule has 1 aliphatic heterocycles. The fourth-order valence-corrected chi connectivity index (χ4v) is 4.25. The van der Waals surface area contributed by atoms with Crippen molar-refractivity contribution < 1.29 is 9.53 Å². The first-order valence-corrected chi connectivity index (χ1v) is 9.87. The Morgan fingerprint density at radius 2 is 2.11 bits per heavy atom. The molecule has 3 heterocycles. The largest absolute Gasteiger partial charge is 0.497 e. The van der Waals surface area contributed by atoms with Crippen molar-refractivity contribution in [1.82, 2.24) is 14.5 Å². The summed E-state index contributed by atoms with van der Waals surface area (Å²) in [6.45, 7) is 1.49. The summed E-state index contributed by atoms with van der Waals surface area (Å²) < 4.78 is 7.47. The average Bonchev–Trinajstić information content (AvgIpc) is 3.21. The maximum absolute atomic E-state index is 13.1. The fourth-order valence-electron chi connectivity index (χ4n) is 3.42. The van der Waals surface area contributed by atoms with Crippen LogP contribution in [0.1, 0.15) is 17.4 Å². The minimum atomic E-state index is -0.145. The molecule has 0 saturated heterocycles. The third-order valence-electron chi connectivity index (χ3n) is 4.73. The zero-order valence-corrected chi connectivity index (χ0v) is 15.9. The van der Waals surface area contributed by atoms with Gasteiger partial charge < -0.3 is 14.2 Å². The number of thioether (sulfide) groups is 1. The predicted octanol–water partition coefficient (Wildman–Crippen LogP) is 3.62. The minimum Gasteiger partial charge on any atom is -0.497 e. The third-order valence-corrected chi connectivity index (χ3v) is 5.71. The molecule has 0 N–H and O–H groups in total. The Balaban J connectivity index is 1.55. The summed E-state index contributed by atoms with van der Waals surface area (Å²) in [7, 11) is 1.65. The number of ether oxygens (including phenoxy) is 1. The van der Waals surface area contributed by atoms with Gasteiger partial charge in [0.25, 0.3) is 0 Å². The molecule has 0 radical (unpaired) electrons. The smallest absolute Gasteiger partial charge is 0.233 e. The molecule has 0 bridgehead atoms. The zero-order chi connectivity index (χ0) is 18.6. The van der Waals surface area contributed by atoms with Crippen LogP contribution < -0.4 is 4.74 Å². The number of pyridine rings is 1. The first-order chi connectivity index (χ1) is 13.3. The summed E-state index contributed by atoms with van der Waals surface area (Å²) >= 11 is 1.53. The van der Waals surface area contributed by atoms with Crippen LogP contribution in [0.3, 0.4) is 0 Å². The molecular formula is C21H21N3O2S. The lowest BCUT2D eigenvalue weighted by atomic mass is 10.1. The third kappa shape index (κ3) is 3.71. The average molecular weight is 379 g/mol. The topological polar surface area (TPSA) is 47.4 Å². The van der Waals surface area contributed by atoms with Gasteiger partial charge in [0.1, 0.15) is 11.8 Å². The van der Waals surface area contributed by atoms with Crippen LogP contribution in [0.4, 0.5) is 0 Å². The number of amides is 1. The molecule has 1 unspecified atom stereocenters. The summed E-state index contributed by atoms with van der Waals surface area (Å²) in [6.07, 6.45) is 3.85. The number of aromatic nitrogens is 2. The molecule has 5 nitrogen and oxygen atoms in total. The van der Waals surface area contributed by atoms with Gasteiger partial charge in [0.15, 0.2) is 0 Å². The van der Waals surface area contributed by atoms with E-state index in [4.69, 9.17) is 4.74 Å². The van der Waals surface area contributed by atoms with E-state index in [1.807, 2.05) is 53.4 Å². The van der Waals surface area contributed by atoms with Crippen LogP contribution in [0.5, 0.6) is 5.75 Å². The SMILES string of the molecule is COc1cccc(SCC(=O)N2CCn3cccc3C2c2ccccn2)c1. The highest BCUT2D eigenvalue weighted by Gasteiger charge is 2.32. The second kappa shape index (κ2) is 7.88. The summed E-state index contributed by atoms with van der Waals surface area (Å²) in [4.78, 5) is 20.6. The molecule has 1 atom stereocenters. The number of carbonyl (C=O) groups excluding carboxylic acids is 1. The van der Waals surface area contributed by atoms with Crippen LogP contribution >= 0.6 is 11.8 Å². The van der Waals surface area contributed by atoms with Crippen LogP contribution in [-0.4, -0.2) is 39.8 Å². The Labute approximate surface area is 163 Å². The van der Waals surface area contributed by atoms with E-state index in [1.165, 1.54) is 11.8 Å². The zero-order valence-electron chi connectivity index (χ0n) is 15.1. The van der Waals surface area contributed by atoms with E-state index < -0.39 is 0 Å². The summed E-state index contributed by atoms with van der Waals surface area (Å²) in [5.74, 6) is 1.30. The maximum atomic E-state index is 13.1. The molecule has 138 valence electrons. The van der Waals surface area contributed by atoms with Crippen LogP contribution in [0.25, 0.3) is 0 Å². The van der Waals surface area contributed by atoms with Gasteiger partial charge in [0.2, 0.25) is 5.91 Å². The molecular weight excluding hydrogens is 358 g/mol. The lowest BCUT2D eigenvalue weighted by molar-refractivity contribution is -0.131. The van der Waals surface area contributed by atoms with E-state index in [9.17, 15) is 4.79 Å². The van der Waals surface area contributed by atoms with Crippen LogP contribution in [0, 0.1) is 0 Å². The van der Waals surface area contributed by atoms with E-state index in [1.54, 1.807) is 13.3 Å². The van der Waals surface area contributed by atoms with E-state index in [0.717, 1.165) is 28.6 Å². The first-order valence-electron chi connectivity index (χ1n) is 8.88. The highest BCUT2D eigenvalue weighted by Crippen LogP contribution is 2.32. The highest BCUT2D eigenvalue weighted by atomic mass is 32.2. The van der Waals surface area contributed by atoms with E-state index in [0.29, 0.717) is 12.3 Å². The quantitative estimate of drug-likeness (QED) is 0.636. The summed E-state index contributed by atoms with van der Waals surface area (Å²) in [5.41, 5.74) is 2.01. The molecule has 1 aromatic carbocycles. The van der Waals surface area contributed by atoms with Gasteiger partial charge in [-0.2, -0.15) is 0 Å². The second-order valence-corrected chi connectivity index (χ2v) is 7.39. The van der Waals surface area contributed by atoms with Crippen molar-refractivity contribution in [2.24, 2.45) is 0 Å². The molecule has 1 aliphatic rings. The predicted molar refractivity (Wildman–Crippen MR) is 106 cm³/mol. The van der Waals surface area contributed by atoms with E-state index in [2.05, 4.69) is 21.8 Å². The number of hydrogen-bond acceptors (Lipinski definition) is 4. The Bertz CT molecular complexity index is 926. The van der Waals surface area contributed by atoms with Gasteiger partial charge in [-0.05, 0) is 42.5 Å². The Morgan fingerprint density at radius 3 is 2.93 bits per heavy atom. The molecule has 6 heteroatoms. The molecule has 0 fully saturated rings. The lowest BCUT2D eigenvalue weighted by Gasteiger charge is -2.36. The molecule has 0 aliphatic carbocycles. The van der Waals surface area contributed by atoms with Crippen molar-refractivity contribution in [3.8, 4) is 5.75 Å². The van der Waals surface area contributed by atoms with Crippen LogP contribution in [-0.2, 0) is 11.3 Å². The number of carbonyl (C=O) groups is 1. The molecule has 3 aromatic rings. The maximum Gasteiger partial charge on any atom is 0.233 e. The monoisotopic (exact) mass is 379 g/mol. The van der Waals surface area contributed by atoms with Crippen LogP contribution in [0.2, 0.25) is 0 Å². The van der Waals surface area contributed by atoms with Gasteiger partial charge in [-0.1, -0.05) is 12.1 Å². The standard InChI is InChI=1S/C21H21N3O2S/c1-26-16-6-4-7-17(14-16)27-15-20(25)24-13-12-23-11-5-9-19(23)21(24)18-8-2-3-10-22-18/h2-11,14,21H,12-13,15H2,1H3. The molecule has 4 rings (SSSR count). The van der Waals surface area contributed by atoms with E-state index >= 15 is 0 Å². The van der Waals surface area contributed by atoms with Crippen molar-refractivity contribution >= 4 is 17.7 Å². The summed E-state index contributed by atoms with van der Waals surface area (Å²) in [5, 5.41) is 0. The number of fused-ring (bicyclic) bond motifs is 1. The molecule has 1 amide bonds. The second-order valence-electron chi connectivity index (χ2n) is 6.34. The van der Waals surface area contributed by atoms with Gasteiger partial charge in [-0.3, -0.25) is 9.78 Å². The Morgan fingerprint density at radius 1 is 1.19 bits per heavy atom. The van der Waals surface area contributed by atoms with Crippen molar-refractivity contribution in [1.29, 1.82) is 0 Å². The normalized spacial score (nSPS) is 16.0. The van der Waals surface area contributed by atoms with Gasteiger partial charge in [0.05, 0.1) is 18.6 Å². The van der Waals surface area contributed by atoms with Gasteiger partial charge in [-0.25, -0.2) is 0 Å². The Hall–Kier alpha value is -2.73. The number of nitrogens with zero attached hydrogens (tertiary/aromatic N) is 3. The molecule has 0 saturated carbocycles. The number of benzene rings is 1. The highest BCUT2D eigenvalue weighted by molar-refractivity contribution is 8.00. The van der Waals surface area contributed by atoms with Crippen molar-refractivity contribution in [2.45, 2.75) is 17.5 Å². The fraction of sp³-hybridized carbons (Fsp3) is 0.238. The van der Waals surface area contributed by atoms with Crippen molar-refractivity contribution in [3.05, 3.63) is 78.4 Å². The van der Waals surface area contributed by atoms with Crippen molar-refractivity contribution in [2.75, 3.05) is 19.4 Å². The van der Waals surface area contributed by atoms with Crippen LogP contribution in [0.15, 0.2) is 71.9 Å². The molecule has 0 spiro atoms. The van der Waals surface area contributed by atoms with Gasteiger partial charge in [-0.15, -0.1) is 11.8 Å². The van der Waals surface area contributed by atoms with E-state index in [-0.39, 0.29) is 11.9 Å². The van der Waals surface area contributed by atoms with Gasteiger partial charge >= 0.3 is 0 Å². The lowest BCUT2D eigenvalue weighted by Crippen LogP contribution is -2.43. The first kappa shape index (κ1) is 17.7. The van der Waals surface area contributed by atoms with Crippen molar-refractivity contribution in [3.63, 3.8) is 0 Å². The number of rotatable bonds is 5. The molecule has 2 aromatic heterocycles. The minimum absolute atomic E-state index is 0.117. The number of methoxy groups -OCH3 is 1. The van der Waals surface area contributed by atoms with Gasteiger partial charge in [0, 0.05) is 36.1 Å². The number of hydrogen-bond donors (Lipinski definition) is 0. The summed E-state index contributed by atoms with van der Waals surface area (Å²) in [6, 6.07) is 17.6. The Kier molecular flexibility index (Phi) is 5.16. The molecule has 27 heavy (non-hydrogen) atoms.